The van der Waals surface area contributed by atoms with Crippen molar-refractivity contribution in [2.45, 2.75) is 0 Å². The summed E-state index contributed by atoms with van der Waals surface area (Å²) in [6.45, 7) is 0. The molecule has 25 heavy (non-hydrogen) atoms. The minimum absolute atomic E-state index is 0.0108. The van der Waals surface area contributed by atoms with Gasteiger partial charge in [-0.15, -0.1) is 10.2 Å². The van der Waals surface area contributed by atoms with E-state index in [1.165, 1.54) is 12.1 Å². The highest BCUT2D eigenvalue weighted by molar-refractivity contribution is 5.80. The van der Waals surface area contributed by atoms with Gasteiger partial charge >= 0.3 is 0 Å². The number of fused-ring (bicyclic) bond motifs is 1. The predicted octanol–water partition coefficient (Wildman–Crippen LogP) is 2.84. The molecule has 4 rings (SSSR count). The van der Waals surface area contributed by atoms with Gasteiger partial charge in [-0.25, -0.2) is 9.97 Å². The SMILES string of the molecule is Nc1nc2ccccc2nc1-c1nnc(-c2ccccc2[N+](=O)[O-])o1. The van der Waals surface area contributed by atoms with Crippen LogP contribution in [0.4, 0.5) is 11.5 Å². The first kappa shape index (κ1) is 14.7. The summed E-state index contributed by atoms with van der Waals surface area (Å²) in [4.78, 5) is 19.3. The number of nitrogens with zero attached hydrogens (tertiary/aromatic N) is 5. The molecule has 2 heterocycles. The second kappa shape index (κ2) is 5.64. The van der Waals surface area contributed by atoms with Gasteiger partial charge in [0.2, 0.25) is 0 Å². The molecule has 0 saturated carbocycles. The number of anilines is 1. The molecule has 2 aromatic heterocycles. The van der Waals surface area contributed by atoms with Crippen molar-refractivity contribution < 1.29 is 9.34 Å². The van der Waals surface area contributed by atoms with E-state index in [0.717, 1.165) is 0 Å². The molecule has 4 aromatic rings. The summed E-state index contributed by atoms with van der Waals surface area (Å²) in [5, 5.41) is 18.9. The lowest BCUT2D eigenvalue weighted by molar-refractivity contribution is -0.384. The second-order valence-electron chi connectivity index (χ2n) is 5.13. The van der Waals surface area contributed by atoms with Gasteiger partial charge in [-0.1, -0.05) is 24.3 Å². The number of hydrogen-bond donors (Lipinski definition) is 1. The van der Waals surface area contributed by atoms with Crippen LogP contribution < -0.4 is 5.73 Å². The molecule has 0 atom stereocenters. The fourth-order valence-corrected chi connectivity index (χ4v) is 2.41. The van der Waals surface area contributed by atoms with Crippen LogP contribution in [0, 0.1) is 10.1 Å². The Balaban J connectivity index is 1.83. The molecular formula is C16H10N6O3. The molecule has 2 aromatic carbocycles. The van der Waals surface area contributed by atoms with Crippen LogP contribution in [-0.4, -0.2) is 25.1 Å². The summed E-state index contributed by atoms with van der Waals surface area (Å²) in [5.41, 5.74) is 7.52. The van der Waals surface area contributed by atoms with Gasteiger partial charge in [-0.05, 0) is 18.2 Å². The van der Waals surface area contributed by atoms with Crippen molar-refractivity contribution in [2.75, 3.05) is 5.73 Å². The molecule has 0 unspecified atom stereocenters. The summed E-state index contributed by atoms with van der Waals surface area (Å²) in [6.07, 6.45) is 0. The second-order valence-corrected chi connectivity index (χ2v) is 5.13. The monoisotopic (exact) mass is 334 g/mol. The fraction of sp³-hybridized carbons (Fsp3) is 0. The minimum atomic E-state index is -0.511. The Kier molecular flexibility index (Phi) is 3.31. The minimum Gasteiger partial charge on any atom is -0.414 e. The molecule has 0 aliphatic carbocycles. The van der Waals surface area contributed by atoms with Crippen LogP contribution in [-0.2, 0) is 0 Å². The number of nitro benzene ring substituents is 1. The molecule has 0 radical (unpaired) electrons. The third kappa shape index (κ3) is 2.53. The third-order valence-electron chi connectivity index (χ3n) is 3.56. The molecule has 0 amide bonds. The highest BCUT2D eigenvalue weighted by Crippen LogP contribution is 2.31. The summed E-state index contributed by atoms with van der Waals surface area (Å²) < 4.78 is 5.57. The van der Waals surface area contributed by atoms with E-state index in [4.69, 9.17) is 10.2 Å². The number of nitrogen functional groups attached to an aromatic ring is 1. The van der Waals surface area contributed by atoms with Crippen LogP contribution in [0.1, 0.15) is 0 Å². The molecule has 9 nitrogen and oxygen atoms in total. The lowest BCUT2D eigenvalue weighted by atomic mass is 10.2. The van der Waals surface area contributed by atoms with Crippen molar-refractivity contribution >= 4 is 22.5 Å². The number of nitrogens with two attached hydrogens (primary N) is 1. The molecule has 9 heteroatoms. The third-order valence-corrected chi connectivity index (χ3v) is 3.56. The summed E-state index contributed by atoms with van der Waals surface area (Å²) in [6, 6.07) is 13.3. The normalized spacial score (nSPS) is 10.9. The molecule has 0 saturated heterocycles. The van der Waals surface area contributed by atoms with Gasteiger partial charge in [0.1, 0.15) is 5.56 Å². The van der Waals surface area contributed by atoms with E-state index in [1.807, 2.05) is 12.1 Å². The number of hydrogen-bond acceptors (Lipinski definition) is 8. The van der Waals surface area contributed by atoms with Crippen LogP contribution in [0.3, 0.4) is 0 Å². The Bertz CT molecular complexity index is 1110. The Morgan fingerprint density at radius 2 is 1.56 bits per heavy atom. The number of aromatic nitrogens is 4. The largest absolute Gasteiger partial charge is 0.414 e. The van der Waals surface area contributed by atoms with Crippen LogP contribution in [0.5, 0.6) is 0 Å². The van der Waals surface area contributed by atoms with Crippen molar-refractivity contribution in [1.82, 2.24) is 20.2 Å². The van der Waals surface area contributed by atoms with Gasteiger partial charge in [0.05, 0.1) is 16.0 Å². The Morgan fingerprint density at radius 1 is 0.920 bits per heavy atom. The van der Waals surface area contributed by atoms with Crippen molar-refractivity contribution in [3.63, 3.8) is 0 Å². The first-order valence-electron chi connectivity index (χ1n) is 7.23. The van der Waals surface area contributed by atoms with E-state index in [1.54, 1.807) is 24.3 Å². The zero-order chi connectivity index (χ0) is 17.4. The number of benzene rings is 2. The van der Waals surface area contributed by atoms with Gasteiger partial charge in [0.15, 0.2) is 11.5 Å². The van der Waals surface area contributed by atoms with E-state index >= 15 is 0 Å². The average molecular weight is 334 g/mol. The highest BCUT2D eigenvalue weighted by Gasteiger charge is 2.21. The predicted molar refractivity (Wildman–Crippen MR) is 89.3 cm³/mol. The van der Waals surface area contributed by atoms with E-state index in [2.05, 4.69) is 20.2 Å². The fourth-order valence-electron chi connectivity index (χ4n) is 2.41. The highest BCUT2D eigenvalue weighted by atomic mass is 16.6. The van der Waals surface area contributed by atoms with Gasteiger partial charge in [-0.3, -0.25) is 10.1 Å². The number of para-hydroxylation sites is 3. The van der Waals surface area contributed by atoms with Crippen LogP contribution in [0.2, 0.25) is 0 Å². The van der Waals surface area contributed by atoms with E-state index in [9.17, 15) is 10.1 Å². The maximum atomic E-state index is 11.1. The van der Waals surface area contributed by atoms with Crippen molar-refractivity contribution in [3.05, 3.63) is 58.6 Å². The average Bonchev–Trinajstić information content (AvgIpc) is 3.10. The lowest BCUT2D eigenvalue weighted by Crippen LogP contribution is -1.98. The van der Waals surface area contributed by atoms with Crippen molar-refractivity contribution in [3.8, 4) is 23.0 Å². The first-order valence-corrected chi connectivity index (χ1v) is 7.23. The van der Waals surface area contributed by atoms with Crippen LogP contribution in [0.15, 0.2) is 52.9 Å². The maximum absolute atomic E-state index is 11.1. The molecule has 2 N–H and O–H groups in total. The molecule has 0 fully saturated rings. The first-order chi connectivity index (χ1) is 12.1. The van der Waals surface area contributed by atoms with Crippen molar-refractivity contribution in [2.24, 2.45) is 0 Å². The van der Waals surface area contributed by atoms with Gasteiger partial charge in [0.25, 0.3) is 17.5 Å². The van der Waals surface area contributed by atoms with Crippen LogP contribution >= 0.6 is 0 Å². The van der Waals surface area contributed by atoms with E-state index < -0.39 is 4.92 Å². The van der Waals surface area contributed by atoms with Gasteiger partial charge in [0, 0.05) is 6.07 Å². The zero-order valence-electron chi connectivity index (χ0n) is 12.7. The van der Waals surface area contributed by atoms with Gasteiger partial charge < -0.3 is 10.2 Å². The summed E-state index contributed by atoms with van der Waals surface area (Å²) in [5.74, 6) is 0.192. The molecule has 0 aliphatic rings. The number of rotatable bonds is 3. The molecular weight excluding hydrogens is 324 g/mol. The smallest absolute Gasteiger partial charge is 0.282 e. The Morgan fingerprint density at radius 3 is 2.32 bits per heavy atom. The topological polar surface area (TPSA) is 134 Å². The maximum Gasteiger partial charge on any atom is 0.282 e. The molecule has 0 aliphatic heterocycles. The molecule has 0 bridgehead atoms. The van der Waals surface area contributed by atoms with Crippen molar-refractivity contribution in [1.29, 1.82) is 0 Å². The Labute approximate surface area is 140 Å². The standard InChI is InChI=1S/C16H10N6O3/c17-14-13(18-10-6-2-3-7-11(10)19-14)16-21-20-15(25-16)9-5-1-4-8-12(9)22(23)24/h1-8H,(H2,17,19). The summed E-state index contributed by atoms with van der Waals surface area (Å²) in [7, 11) is 0. The van der Waals surface area contributed by atoms with Crippen LogP contribution in [0.25, 0.3) is 34.1 Å². The zero-order valence-corrected chi connectivity index (χ0v) is 12.7. The lowest BCUT2D eigenvalue weighted by Gasteiger charge is -2.02. The molecule has 122 valence electrons. The number of nitro groups is 1. The quantitative estimate of drug-likeness (QED) is 0.446. The Hall–Kier alpha value is -3.88. The van der Waals surface area contributed by atoms with E-state index in [-0.39, 0.29) is 34.5 Å². The summed E-state index contributed by atoms with van der Waals surface area (Å²) >= 11 is 0. The van der Waals surface area contributed by atoms with E-state index in [0.29, 0.717) is 11.0 Å². The van der Waals surface area contributed by atoms with Gasteiger partial charge in [-0.2, -0.15) is 0 Å². The molecule has 0 spiro atoms.